The zero-order chi connectivity index (χ0) is 12.3. The second-order valence-corrected chi connectivity index (χ2v) is 4.76. The smallest absolute Gasteiger partial charge is 0.0408 e. The highest BCUT2D eigenvalue weighted by Gasteiger charge is 2.06. The fraction of sp³-hybridized carbons (Fsp3) is 0.0667. The van der Waals surface area contributed by atoms with E-state index in [9.17, 15) is 0 Å². The average Bonchev–Trinajstić information content (AvgIpc) is 2.39. The third-order valence-corrected chi connectivity index (χ3v) is 3.25. The van der Waals surface area contributed by atoms with Gasteiger partial charge < -0.3 is 4.90 Å². The van der Waals surface area contributed by atoms with E-state index in [1.54, 1.807) is 0 Å². The van der Waals surface area contributed by atoms with Crippen molar-refractivity contribution in [2.45, 2.75) is 0 Å². The first-order valence-electron chi connectivity index (χ1n) is 5.42. The summed E-state index contributed by atoms with van der Waals surface area (Å²) in [6.07, 6.45) is 0. The van der Waals surface area contributed by atoms with Crippen molar-refractivity contribution in [1.82, 2.24) is 0 Å². The second kappa shape index (κ2) is 5.19. The molecule has 0 N–H and O–H groups in total. The SMILES string of the molecule is C=C(c1ccc(Br)cc1)N(C)c1ccccc1. The number of hydrogen-bond acceptors (Lipinski definition) is 1. The van der Waals surface area contributed by atoms with Gasteiger partial charge in [0.2, 0.25) is 0 Å². The van der Waals surface area contributed by atoms with Gasteiger partial charge in [0.1, 0.15) is 0 Å². The largest absolute Gasteiger partial charge is 0.345 e. The Bertz CT molecular complexity index is 502. The van der Waals surface area contributed by atoms with E-state index in [-0.39, 0.29) is 0 Å². The van der Waals surface area contributed by atoms with Crippen molar-refractivity contribution in [2.24, 2.45) is 0 Å². The molecule has 2 heteroatoms. The zero-order valence-corrected chi connectivity index (χ0v) is 11.3. The number of benzene rings is 2. The van der Waals surface area contributed by atoms with Crippen molar-refractivity contribution in [1.29, 1.82) is 0 Å². The van der Waals surface area contributed by atoms with Gasteiger partial charge in [0.05, 0.1) is 0 Å². The van der Waals surface area contributed by atoms with Crippen LogP contribution in [0.25, 0.3) is 5.70 Å². The van der Waals surface area contributed by atoms with Crippen molar-refractivity contribution in [3.8, 4) is 0 Å². The molecule has 1 nitrogen and oxygen atoms in total. The third-order valence-electron chi connectivity index (χ3n) is 2.73. The minimum atomic E-state index is 0.990. The topological polar surface area (TPSA) is 3.24 Å². The first-order valence-corrected chi connectivity index (χ1v) is 6.21. The van der Waals surface area contributed by atoms with Gasteiger partial charge in [-0.1, -0.05) is 52.8 Å². The summed E-state index contributed by atoms with van der Waals surface area (Å²) < 4.78 is 1.08. The molecule has 0 heterocycles. The normalized spacial score (nSPS) is 10.0. The lowest BCUT2D eigenvalue weighted by molar-refractivity contribution is 1.22. The Morgan fingerprint density at radius 3 is 2.18 bits per heavy atom. The molecule has 0 aromatic heterocycles. The lowest BCUT2D eigenvalue weighted by Crippen LogP contribution is -2.14. The molecule has 2 aromatic rings. The molecule has 0 unspecified atom stereocenters. The van der Waals surface area contributed by atoms with Crippen LogP contribution in [0.15, 0.2) is 65.6 Å². The Hall–Kier alpha value is -1.54. The number of halogens is 1. The van der Waals surface area contributed by atoms with Crippen molar-refractivity contribution in [3.05, 3.63) is 71.2 Å². The maximum absolute atomic E-state index is 4.14. The van der Waals surface area contributed by atoms with Crippen LogP contribution in [0.1, 0.15) is 5.56 Å². The van der Waals surface area contributed by atoms with Gasteiger partial charge in [-0.2, -0.15) is 0 Å². The van der Waals surface area contributed by atoms with Crippen LogP contribution in [0.4, 0.5) is 5.69 Å². The Kier molecular flexibility index (Phi) is 3.64. The summed E-state index contributed by atoms with van der Waals surface area (Å²) in [7, 11) is 2.03. The van der Waals surface area contributed by atoms with Crippen LogP contribution >= 0.6 is 15.9 Å². The van der Waals surface area contributed by atoms with E-state index in [1.807, 2.05) is 37.4 Å². The predicted molar refractivity (Wildman–Crippen MR) is 78.0 cm³/mol. The molecule has 0 aliphatic rings. The Balaban J connectivity index is 2.23. The van der Waals surface area contributed by atoms with Gasteiger partial charge in [-0.25, -0.2) is 0 Å². The maximum Gasteiger partial charge on any atom is 0.0408 e. The number of nitrogens with zero attached hydrogens (tertiary/aromatic N) is 1. The molecule has 0 radical (unpaired) electrons. The molecule has 2 aromatic carbocycles. The van der Waals surface area contributed by atoms with Gasteiger partial charge in [-0.15, -0.1) is 0 Å². The first kappa shape index (κ1) is 11.9. The van der Waals surface area contributed by atoms with Gasteiger partial charge in [0, 0.05) is 22.9 Å². The van der Waals surface area contributed by atoms with Gasteiger partial charge in [0.25, 0.3) is 0 Å². The Morgan fingerprint density at radius 1 is 1.00 bits per heavy atom. The average molecular weight is 288 g/mol. The highest BCUT2D eigenvalue weighted by Crippen LogP contribution is 2.23. The van der Waals surface area contributed by atoms with E-state index in [1.165, 1.54) is 0 Å². The fourth-order valence-electron chi connectivity index (χ4n) is 1.64. The van der Waals surface area contributed by atoms with Gasteiger partial charge in [0.15, 0.2) is 0 Å². The molecule has 17 heavy (non-hydrogen) atoms. The van der Waals surface area contributed by atoms with E-state index in [4.69, 9.17) is 0 Å². The fourth-order valence-corrected chi connectivity index (χ4v) is 1.91. The summed E-state index contributed by atoms with van der Waals surface area (Å²) in [6, 6.07) is 18.4. The molecule has 0 bridgehead atoms. The zero-order valence-electron chi connectivity index (χ0n) is 9.73. The summed E-state index contributed by atoms with van der Waals surface area (Å²) in [4.78, 5) is 2.09. The van der Waals surface area contributed by atoms with E-state index >= 15 is 0 Å². The quantitative estimate of drug-likeness (QED) is 0.800. The van der Waals surface area contributed by atoms with Crippen LogP contribution in [-0.2, 0) is 0 Å². The summed E-state index contributed by atoms with van der Waals surface area (Å²) in [5.41, 5.74) is 3.25. The molecule has 0 atom stereocenters. The van der Waals surface area contributed by atoms with Crippen LogP contribution in [0.5, 0.6) is 0 Å². The first-order chi connectivity index (χ1) is 8.18. The number of anilines is 1. The van der Waals surface area contributed by atoms with E-state index in [0.29, 0.717) is 0 Å². The Labute approximate surface area is 111 Å². The van der Waals surface area contributed by atoms with Crippen molar-refractivity contribution in [3.63, 3.8) is 0 Å². The summed E-state index contributed by atoms with van der Waals surface area (Å²) in [5, 5.41) is 0. The second-order valence-electron chi connectivity index (χ2n) is 3.85. The van der Waals surface area contributed by atoms with Crippen LogP contribution in [-0.4, -0.2) is 7.05 Å². The summed E-state index contributed by atoms with van der Waals surface area (Å²) >= 11 is 3.43. The molecule has 0 aliphatic heterocycles. The van der Waals surface area contributed by atoms with Gasteiger partial charge in [-0.05, 0) is 29.8 Å². The molecule has 2 rings (SSSR count). The van der Waals surface area contributed by atoms with E-state index < -0.39 is 0 Å². The van der Waals surface area contributed by atoms with Crippen molar-refractivity contribution < 1.29 is 0 Å². The molecular weight excluding hydrogens is 274 g/mol. The van der Waals surface area contributed by atoms with Crippen LogP contribution in [0.2, 0.25) is 0 Å². The minimum absolute atomic E-state index is 0.990. The van der Waals surface area contributed by atoms with Crippen LogP contribution in [0.3, 0.4) is 0 Å². The molecule has 0 saturated carbocycles. The highest BCUT2D eigenvalue weighted by atomic mass is 79.9. The number of para-hydroxylation sites is 1. The molecule has 86 valence electrons. The summed E-state index contributed by atoms with van der Waals surface area (Å²) in [5.74, 6) is 0. The van der Waals surface area contributed by atoms with Crippen LogP contribution in [0, 0.1) is 0 Å². The number of hydrogen-bond donors (Lipinski definition) is 0. The van der Waals surface area contributed by atoms with Crippen molar-refractivity contribution >= 4 is 27.3 Å². The molecular formula is C15H14BrN. The van der Waals surface area contributed by atoms with Crippen LogP contribution < -0.4 is 4.90 Å². The van der Waals surface area contributed by atoms with Crippen molar-refractivity contribution in [2.75, 3.05) is 11.9 Å². The summed E-state index contributed by atoms with van der Waals surface area (Å²) in [6.45, 7) is 4.14. The number of rotatable bonds is 3. The Morgan fingerprint density at radius 2 is 1.59 bits per heavy atom. The highest BCUT2D eigenvalue weighted by molar-refractivity contribution is 9.10. The minimum Gasteiger partial charge on any atom is -0.345 e. The molecule has 0 saturated heterocycles. The molecule has 0 amide bonds. The van der Waals surface area contributed by atoms with E-state index in [0.717, 1.165) is 21.4 Å². The lowest BCUT2D eigenvalue weighted by Gasteiger charge is -2.22. The molecule has 0 spiro atoms. The lowest BCUT2D eigenvalue weighted by atomic mass is 10.1. The molecule has 0 aliphatic carbocycles. The third kappa shape index (κ3) is 2.77. The molecule has 0 fully saturated rings. The predicted octanol–water partition coefficient (Wildman–Crippen LogP) is 4.56. The van der Waals surface area contributed by atoms with Gasteiger partial charge >= 0.3 is 0 Å². The van der Waals surface area contributed by atoms with Gasteiger partial charge in [-0.3, -0.25) is 0 Å². The van der Waals surface area contributed by atoms with E-state index in [2.05, 4.69) is 51.7 Å². The monoisotopic (exact) mass is 287 g/mol. The standard InChI is InChI=1S/C15H14BrN/c1-12(13-8-10-14(16)11-9-13)17(2)15-6-4-3-5-7-15/h3-11H,1H2,2H3. The maximum atomic E-state index is 4.14.